The number of halogens is 3. The van der Waals surface area contributed by atoms with Gasteiger partial charge in [-0.1, -0.05) is 34.8 Å². The van der Waals surface area contributed by atoms with Gasteiger partial charge in [-0.05, 0) is 32.3 Å². The first-order chi connectivity index (χ1) is 11.8. The van der Waals surface area contributed by atoms with E-state index in [9.17, 15) is 4.57 Å². The summed E-state index contributed by atoms with van der Waals surface area (Å²) >= 11 is 17.0. The van der Waals surface area contributed by atoms with E-state index >= 15 is 0 Å². The molecule has 3 aliphatic heterocycles. The lowest BCUT2D eigenvalue weighted by atomic mass is 10.0. The minimum absolute atomic E-state index is 0.253. The van der Waals surface area contributed by atoms with Crippen molar-refractivity contribution in [2.75, 3.05) is 6.61 Å². The highest BCUT2D eigenvalue weighted by Gasteiger charge is 2.66. The molecule has 0 aromatic carbocycles. The summed E-state index contributed by atoms with van der Waals surface area (Å²) in [6, 6.07) is 0. The Kier molecular flexibility index (Phi) is 5.59. The first-order valence-electron chi connectivity index (χ1n) is 7.92. The molecule has 26 heavy (non-hydrogen) atoms. The molecule has 6 atom stereocenters. The Labute approximate surface area is 167 Å². The van der Waals surface area contributed by atoms with Crippen LogP contribution in [0.25, 0.3) is 0 Å². The summed E-state index contributed by atoms with van der Waals surface area (Å²) in [7, 11) is -2.42. The molecule has 1 unspecified atom stereocenters. The van der Waals surface area contributed by atoms with Crippen LogP contribution in [0.5, 0.6) is 0 Å². The molecule has 0 aromatic rings. The van der Waals surface area contributed by atoms with E-state index in [1.165, 1.54) is 0 Å². The Morgan fingerprint density at radius 3 is 2.23 bits per heavy atom. The standard InChI is InChI=1S/C14H20Cl3NO7P/c1-12(2)20-5-6(22-12)7-8-9(24-13(3,4)23-8)10(26(19)25-7)21-11(18)14(15,16)17/h6-10,18H,5H2,1-4H3/q+1/t6-,7-,8+,9+,10-/m1/s1. The van der Waals surface area contributed by atoms with Crippen molar-refractivity contribution in [1.29, 1.82) is 5.41 Å². The average Bonchev–Trinajstić information content (AvgIpc) is 2.99. The third-order valence-electron chi connectivity index (χ3n) is 4.09. The molecule has 0 aromatic heterocycles. The molecular weight excluding hydrogens is 431 g/mol. The summed E-state index contributed by atoms with van der Waals surface area (Å²) in [5, 5.41) is 7.74. The lowest BCUT2D eigenvalue weighted by Gasteiger charge is -2.31. The third-order valence-corrected chi connectivity index (χ3v) is 5.88. The van der Waals surface area contributed by atoms with Gasteiger partial charge in [-0.15, -0.1) is 4.52 Å². The van der Waals surface area contributed by atoms with Crippen LogP contribution in [0.4, 0.5) is 0 Å². The predicted octanol–water partition coefficient (Wildman–Crippen LogP) is 3.49. The summed E-state index contributed by atoms with van der Waals surface area (Å²) < 4.78 is 44.7. The quantitative estimate of drug-likeness (QED) is 0.297. The molecule has 3 heterocycles. The SMILES string of the molecule is CC1(C)O[C@H]2[C@@H]([C@H]3COC(C)(C)O3)O[P+](=O)[C@@H](OC(=N)C(Cl)(Cl)Cl)[C@H]2O1. The maximum atomic E-state index is 12.7. The zero-order chi connectivity index (χ0) is 19.5. The summed E-state index contributed by atoms with van der Waals surface area (Å²) in [5.74, 6) is -3.59. The maximum absolute atomic E-state index is 12.7. The molecule has 0 bridgehead atoms. The molecule has 3 aliphatic rings. The van der Waals surface area contributed by atoms with Crippen molar-refractivity contribution in [2.24, 2.45) is 0 Å². The molecule has 8 nitrogen and oxygen atoms in total. The minimum atomic E-state index is -2.42. The van der Waals surface area contributed by atoms with Gasteiger partial charge in [0.2, 0.25) is 5.90 Å². The monoisotopic (exact) mass is 450 g/mol. The lowest BCUT2D eigenvalue weighted by molar-refractivity contribution is -0.173. The normalized spacial score (nSPS) is 40.3. The van der Waals surface area contributed by atoms with Gasteiger partial charge in [0.1, 0.15) is 12.2 Å². The molecule has 3 rings (SSSR count). The summed E-state index contributed by atoms with van der Waals surface area (Å²) in [6.45, 7) is 7.23. The van der Waals surface area contributed by atoms with Crippen LogP contribution >= 0.6 is 42.8 Å². The number of fused-ring (bicyclic) bond motifs is 1. The van der Waals surface area contributed by atoms with Gasteiger partial charge in [0.05, 0.1) is 6.61 Å². The Morgan fingerprint density at radius 2 is 1.69 bits per heavy atom. The smallest absolute Gasteiger partial charge is 0.424 e. The van der Waals surface area contributed by atoms with Crippen LogP contribution in [0.1, 0.15) is 27.7 Å². The molecule has 3 saturated heterocycles. The fourth-order valence-corrected chi connectivity index (χ4v) is 4.52. The van der Waals surface area contributed by atoms with Crippen LogP contribution < -0.4 is 0 Å². The number of ether oxygens (including phenoxy) is 5. The lowest BCUT2D eigenvalue weighted by Crippen LogP contribution is -2.53. The van der Waals surface area contributed by atoms with Crippen molar-refractivity contribution in [1.82, 2.24) is 0 Å². The van der Waals surface area contributed by atoms with E-state index in [2.05, 4.69) is 0 Å². The summed E-state index contributed by atoms with van der Waals surface area (Å²) in [6.07, 6.45) is -2.66. The second kappa shape index (κ2) is 6.94. The van der Waals surface area contributed by atoms with E-state index in [1.54, 1.807) is 27.7 Å². The second-order valence-electron chi connectivity index (χ2n) is 7.12. The number of alkyl halides is 3. The highest BCUT2D eigenvalue weighted by molar-refractivity contribution is 7.40. The van der Waals surface area contributed by atoms with Crippen molar-refractivity contribution in [2.45, 2.75) is 73.3 Å². The fourth-order valence-electron chi connectivity index (χ4n) is 3.11. The number of rotatable bonds is 2. The molecule has 1 N–H and O–H groups in total. The Morgan fingerprint density at radius 1 is 1.08 bits per heavy atom. The number of hydrogen-bond donors (Lipinski definition) is 1. The van der Waals surface area contributed by atoms with Gasteiger partial charge >= 0.3 is 13.9 Å². The van der Waals surface area contributed by atoms with Gasteiger partial charge < -0.3 is 23.7 Å². The van der Waals surface area contributed by atoms with Crippen LogP contribution in [0.2, 0.25) is 0 Å². The van der Waals surface area contributed by atoms with E-state index < -0.39 is 59.6 Å². The van der Waals surface area contributed by atoms with Crippen molar-refractivity contribution in [3.63, 3.8) is 0 Å². The van der Waals surface area contributed by atoms with Gasteiger partial charge in [0, 0.05) is 0 Å². The molecular formula is C14H20Cl3NO7P+. The highest BCUT2D eigenvalue weighted by atomic mass is 35.6. The molecule has 3 fully saturated rings. The van der Waals surface area contributed by atoms with Crippen molar-refractivity contribution in [3.05, 3.63) is 0 Å². The van der Waals surface area contributed by atoms with E-state index in [1.807, 2.05) is 0 Å². The summed E-state index contributed by atoms with van der Waals surface area (Å²) in [4.78, 5) is 0. The van der Waals surface area contributed by atoms with Gasteiger partial charge in [0.25, 0.3) is 3.79 Å². The molecule has 12 heteroatoms. The van der Waals surface area contributed by atoms with Crippen molar-refractivity contribution < 1.29 is 32.8 Å². The van der Waals surface area contributed by atoms with E-state index in [0.717, 1.165) is 0 Å². The zero-order valence-corrected chi connectivity index (χ0v) is 17.7. The maximum Gasteiger partial charge on any atom is 0.557 e. The van der Waals surface area contributed by atoms with Crippen LogP contribution in [0.15, 0.2) is 0 Å². The van der Waals surface area contributed by atoms with E-state index in [-0.39, 0.29) is 6.61 Å². The average molecular weight is 452 g/mol. The van der Waals surface area contributed by atoms with Crippen molar-refractivity contribution in [3.8, 4) is 0 Å². The Bertz CT molecular complexity index is 612. The highest BCUT2D eigenvalue weighted by Crippen LogP contribution is 2.51. The van der Waals surface area contributed by atoms with Crippen LogP contribution in [-0.4, -0.2) is 58.1 Å². The first-order valence-corrected chi connectivity index (χ1v) is 10.3. The molecule has 0 aliphatic carbocycles. The van der Waals surface area contributed by atoms with Gasteiger partial charge in [0.15, 0.2) is 23.8 Å². The second-order valence-corrected chi connectivity index (χ2v) is 10.7. The largest absolute Gasteiger partial charge is 0.557 e. The molecule has 0 spiro atoms. The van der Waals surface area contributed by atoms with Crippen LogP contribution in [-0.2, 0) is 32.8 Å². The molecule has 148 valence electrons. The van der Waals surface area contributed by atoms with Crippen LogP contribution in [0, 0.1) is 5.41 Å². The molecule has 0 saturated carbocycles. The van der Waals surface area contributed by atoms with E-state index in [0.29, 0.717) is 0 Å². The third kappa shape index (κ3) is 4.29. The van der Waals surface area contributed by atoms with Gasteiger partial charge in [-0.25, -0.2) is 0 Å². The minimum Gasteiger partial charge on any atom is -0.424 e. The van der Waals surface area contributed by atoms with Crippen LogP contribution in [0.3, 0.4) is 0 Å². The van der Waals surface area contributed by atoms with Crippen molar-refractivity contribution >= 4 is 48.7 Å². The van der Waals surface area contributed by atoms with Gasteiger partial charge in [-0.2, -0.15) is 0 Å². The fraction of sp³-hybridized carbons (Fsp3) is 0.929. The molecule has 0 amide bonds. The van der Waals surface area contributed by atoms with Gasteiger partial charge in [-0.3, -0.25) is 5.41 Å². The zero-order valence-electron chi connectivity index (χ0n) is 14.5. The Balaban J connectivity index is 1.83. The number of nitrogens with one attached hydrogen (secondary N) is 1. The Hall–Kier alpha value is 0.240. The molecule has 0 radical (unpaired) electrons. The predicted molar refractivity (Wildman–Crippen MR) is 94.1 cm³/mol. The van der Waals surface area contributed by atoms with E-state index in [4.69, 9.17) is 68.4 Å². The topological polar surface area (TPSA) is 96.3 Å². The first kappa shape index (κ1) is 21.0. The summed E-state index contributed by atoms with van der Waals surface area (Å²) in [5.41, 5.74) is 0. The number of hydrogen-bond acceptors (Lipinski definition) is 8.